The zero-order chi connectivity index (χ0) is 17.9. The highest BCUT2D eigenvalue weighted by atomic mass is 28.4. The fourth-order valence-corrected chi connectivity index (χ4v) is 4.13. The third kappa shape index (κ3) is 5.94. The number of allylic oxidation sites excluding steroid dienone is 1. The van der Waals surface area contributed by atoms with Crippen molar-refractivity contribution in [3.8, 4) is 11.5 Å². The van der Waals surface area contributed by atoms with Crippen molar-refractivity contribution in [3.63, 3.8) is 0 Å². The minimum Gasteiger partial charge on any atom is -0.465 e. The van der Waals surface area contributed by atoms with Crippen molar-refractivity contribution in [1.82, 2.24) is 0 Å². The first-order valence-corrected chi connectivity index (χ1v) is 15.4. The highest BCUT2D eigenvalue weighted by molar-refractivity contribution is 6.83. The summed E-state index contributed by atoms with van der Waals surface area (Å²) in [5.41, 5.74) is 3.81. The number of ether oxygens (including phenoxy) is 1. The van der Waals surface area contributed by atoms with E-state index in [-0.39, 0.29) is 12.1 Å². The number of esters is 1. The Balaban J connectivity index is 3.38. The summed E-state index contributed by atoms with van der Waals surface area (Å²) in [5, 5.41) is 0. The Morgan fingerprint density at radius 1 is 1.30 bits per heavy atom. The van der Waals surface area contributed by atoms with E-state index in [1.165, 1.54) is 5.57 Å². The Labute approximate surface area is 144 Å². The van der Waals surface area contributed by atoms with Crippen LogP contribution < -0.4 is 0 Å². The minimum absolute atomic E-state index is 0.224. The molecule has 3 nitrogen and oxygen atoms in total. The van der Waals surface area contributed by atoms with E-state index in [1.54, 1.807) is 0 Å². The summed E-state index contributed by atoms with van der Waals surface area (Å²) in [6, 6.07) is 0. The van der Waals surface area contributed by atoms with Crippen LogP contribution in [-0.4, -0.2) is 35.1 Å². The standard InChI is InChI=1S/C18H32O3Si2/c1-9-20-17(19)18(12-13-22(3,4)5)11-10-15(2)14-16(18)21-23(6,7)8/h14,16H,9-11H2,1-8H3/t16-,18-/m0/s1. The molecule has 0 aromatic heterocycles. The van der Waals surface area contributed by atoms with Gasteiger partial charge in [-0.25, -0.2) is 0 Å². The molecule has 0 heterocycles. The van der Waals surface area contributed by atoms with Gasteiger partial charge in [0, 0.05) is 0 Å². The summed E-state index contributed by atoms with van der Waals surface area (Å²) in [5.74, 6) is 3.12. The van der Waals surface area contributed by atoms with Gasteiger partial charge in [-0.1, -0.05) is 37.2 Å². The van der Waals surface area contributed by atoms with Gasteiger partial charge in [-0.3, -0.25) is 4.79 Å². The molecule has 0 N–H and O–H groups in total. The van der Waals surface area contributed by atoms with Crippen LogP contribution in [-0.2, 0) is 14.0 Å². The number of rotatable bonds is 4. The van der Waals surface area contributed by atoms with Gasteiger partial charge in [0.15, 0.2) is 13.7 Å². The number of hydrogen-bond acceptors (Lipinski definition) is 3. The molecule has 1 aliphatic rings. The van der Waals surface area contributed by atoms with E-state index in [1.807, 2.05) is 6.92 Å². The molecule has 0 amide bonds. The molecule has 0 radical (unpaired) electrons. The molecule has 0 spiro atoms. The lowest BCUT2D eigenvalue weighted by atomic mass is 9.73. The summed E-state index contributed by atoms with van der Waals surface area (Å²) < 4.78 is 11.8. The molecule has 0 saturated carbocycles. The number of hydrogen-bond donors (Lipinski definition) is 0. The number of carbonyl (C=O) groups is 1. The topological polar surface area (TPSA) is 35.5 Å². The van der Waals surface area contributed by atoms with Crippen molar-refractivity contribution in [2.24, 2.45) is 5.41 Å². The highest BCUT2D eigenvalue weighted by Gasteiger charge is 2.48. The fraction of sp³-hybridized carbons (Fsp3) is 0.722. The Morgan fingerprint density at radius 2 is 1.91 bits per heavy atom. The van der Waals surface area contributed by atoms with Crippen LogP contribution in [0.1, 0.15) is 26.7 Å². The van der Waals surface area contributed by atoms with Gasteiger partial charge in [0.2, 0.25) is 0 Å². The molecular weight excluding hydrogens is 320 g/mol. The largest absolute Gasteiger partial charge is 0.465 e. The first kappa shape index (κ1) is 20.2. The molecule has 0 saturated heterocycles. The van der Waals surface area contributed by atoms with Crippen LogP contribution in [0.15, 0.2) is 11.6 Å². The molecule has 0 aliphatic heterocycles. The molecule has 23 heavy (non-hydrogen) atoms. The van der Waals surface area contributed by atoms with Gasteiger partial charge in [0.25, 0.3) is 0 Å². The van der Waals surface area contributed by atoms with Crippen LogP contribution in [0.2, 0.25) is 39.3 Å². The highest BCUT2D eigenvalue weighted by Crippen LogP contribution is 2.39. The summed E-state index contributed by atoms with van der Waals surface area (Å²) in [6.07, 6.45) is 3.34. The normalized spacial score (nSPS) is 25.2. The Morgan fingerprint density at radius 3 is 2.39 bits per heavy atom. The van der Waals surface area contributed by atoms with E-state index in [2.05, 4.69) is 63.7 Å². The Hall–Kier alpha value is -0.836. The number of carbonyl (C=O) groups excluding carboxylic acids is 1. The molecule has 2 atom stereocenters. The first-order chi connectivity index (χ1) is 10.4. The minimum atomic E-state index is -1.82. The van der Waals surface area contributed by atoms with Crippen molar-refractivity contribution >= 4 is 22.4 Å². The zero-order valence-corrected chi connectivity index (χ0v) is 18.0. The average Bonchev–Trinajstić information content (AvgIpc) is 2.35. The van der Waals surface area contributed by atoms with Crippen LogP contribution >= 0.6 is 0 Å². The quantitative estimate of drug-likeness (QED) is 0.326. The first-order valence-electron chi connectivity index (χ1n) is 8.46. The maximum Gasteiger partial charge on any atom is 0.327 e. The lowest BCUT2D eigenvalue weighted by Gasteiger charge is -2.39. The second-order valence-electron chi connectivity index (χ2n) is 8.36. The summed E-state index contributed by atoms with van der Waals surface area (Å²) >= 11 is 0. The molecule has 1 aliphatic carbocycles. The molecule has 0 fully saturated rings. The van der Waals surface area contributed by atoms with E-state index in [0.717, 1.165) is 6.42 Å². The average molecular weight is 353 g/mol. The van der Waals surface area contributed by atoms with E-state index in [4.69, 9.17) is 9.16 Å². The molecular formula is C18H32O3Si2. The van der Waals surface area contributed by atoms with Gasteiger partial charge in [-0.05, 0) is 46.3 Å². The lowest BCUT2D eigenvalue weighted by Crippen LogP contribution is -2.49. The molecule has 0 unspecified atom stereocenters. The van der Waals surface area contributed by atoms with E-state index in [9.17, 15) is 4.79 Å². The van der Waals surface area contributed by atoms with Crippen LogP contribution in [0.4, 0.5) is 0 Å². The smallest absolute Gasteiger partial charge is 0.327 e. The summed E-state index contributed by atoms with van der Waals surface area (Å²) in [6.45, 7) is 17.3. The molecule has 130 valence electrons. The summed E-state index contributed by atoms with van der Waals surface area (Å²) in [4.78, 5) is 12.8. The van der Waals surface area contributed by atoms with Crippen LogP contribution in [0.3, 0.4) is 0 Å². The van der Waals surface area contributed by atoms with Crippen LogP contribution in [0, 0.1) is 16.9 Å². The van der Waals surface area contributed by atoms with Crippen molar-refractivity contribution in [1.29, 1.82) is 0 Å². The van der Waals surface area contributed by atoms with Crippen molar-refractivity contribution in [3.05, 3.63) is 11.6 Å². The van der Waals surface area contributed by atoms with Crippen molar-refractivity contribution in [2.75, 3.05) is 6.61 Å². The third-order valence-corrected chi connectivity index (χ3v) is 5.45. The van der Waals surface area contributed by atoms with E-state index < -0.39 is 21.8 Å². The predicted molar refractivity (Wildman–Crippen MR) is 101 cm³/mol. The van der Waals surface area contributed by atoms with Gasteiger partial charge in [0.05, 0.1) is 12.7 Å². The van der Waals surface area contributed by atoms with Gasteiger partial charge in [-0.2, -0.15) is 0 Å². The summed E-state index contributed by atoms with van der Waals surface area (Å²) in [7, 11) is -3.41. The fourth-order valence-electron chi connectivity index (χ4n) is 2.50. The van der Waals surface area contributed by atoms with Crippen LogP contribution in [0.5, 0.6) is 0 Å². The van der Waals surface area contributed by atoms with Gasteiger partial charge in [-0.15, -0.1) is 5.54 Å². The SMILES string of the molecule is CCOC(=O)[C@]1(C#C[Si](C)(C)C)CCC(C)=C[C@@H]1O[Si](C)(C)C. The van der Waals surface area contributed by atoms with Crippen molar-refractivity contribution < 1.29 is 14.0 Å². The van der Waals surface area contributed by atoms with Gasteiger partial charge < -0.3 is 9.16 Å². The molecule has 1 rings (SSSR count). The molecule has 5 heteroatoms. The van der Waals surface area contributed by atoms with Gasteiger partial charge >= 0.3 is 5.97 Å². The Bertz CT molecular complexity index is 529. The molecule has 0 aromatic rings. The lowest BCUT2D eigenvalue weighted by molar-refractivity contribution is -0.156. The van der Waals surface area contributed by atoms with E-state index in [0.29, 0.717) is 13.0 Å². The third-order valence-electron chi connectivity index (χ3n) is 3.62. The maximum absolute atomic E-state index is 12.8. The zero-order valence-electron chi connectivity index (χ0n) is 16.0. The van der Waals surface area contributed by atoms with E-state index >= 15 is 0 Å². The second kappa shape index (κ2) is 7.37. The maximum atomic E-state index is 12.8. The van der Waals surface area contributed by atoms with Crippen LogP contribution in [0.25, 0.3) is 0 Å². The van der Waals surface area contributed by atoms with Crippen molar-refractivity contribution in [2.45, 2.75) is 72.1 Å². The molecule has 0 bridgehead atoms. The second-order valence-corrected chi connectivity index (χ2v) is 17.6. The van der Waals surface area contributed by atoms with Gasteiger partial charge in [0.1, 0.15) is 8.07 Å². The molecule has 0 aromatic carbocycles. The Kier molecular flexibility index (Phi) is 6.48. The monoisotopic (exact) mass is 352 g/mol. The predicted octanol–water partition coefficient (Wildman–Crippen LogP) is 4.38.